The van der Waals surface area contributed by atoms with Gasteiger partial charge in [0, 0.05) is 0 Å². The van der Waals surface area contributed by atoms with E-state index in [0.29, 0.717) is 4.22 Å². The molecule has 4 heteroatoms. The van der Waals surface area contributed by atoms with Crippen LogP contribution in [0.4, 0.5) is 0 Å². The van der Waals surface area contributed by atoms with E-state index in [1.807, 2.05) is 3.88 Å². The molecule has 0 N–H and O–H groups in total. The average Bonchev–Trinajstić information content (AvgIpc) is 3.11. The number of fused-ring (bicyclic) bond motifs is 3. The Labute approximate surface area is 169 Å². The summed E-state index contributed by atoms with van der Waals surface area (Å²) >= 11 is -1.37. The minimum absolute atomic E-state index is 0. The van der Waals surface area contributed by atoms with Crippen molar-refractivity contribution in [3.05, 3.63) is 81.3 Å². The fourth-order valence-corrected chi connectivity index (χ4v) is 17.0. The van der Waals surface area contributed by atoms with E-state index in [1.54, 1.807) is 16.7 Å². The minimum atomic E-state index is -1.37. The molecule has 2 aromatic rings. The normalized spacial score (nSPS) is 14.2. The quantitative estimate of drug-likeness (QED) is 0.593. The van der Waals surface area contributed by atoms with E-state index in [1.165, 1.54) is 17.5 Å². The topological polar surface area (TPSA) is 0 Å². The van der Waals surface area contributed by atoms with Crippen molar-refractivity contribution in [2.24, 2.45) is 0 Å². The summed E-state index contributed by atoms with van der Waals surface area (Å²) in [6, 6.07) is 18.3. The first-order valence-electron chi connectivity index (χ1n) is 8.40. The molecular weight excluding hydrogens is 399 g/mol. The van der Waals surface area contributed by atoms with Crippen LogP contribution in [0, 0.1) is 0 Å². The van der Waals surface area contributed by atoms with E-state index in [0.717, 1.165) is 0 Å². The van der Waals surface area contributed by atoms with Gasteiger partial charge in [0.15, 0.2) is 0 Å². The molecule has 0 heterocycles. The fraction of sp³-hybridized carbons (Fsp3) is 0.238. The zero-order valence-corrected chi connectivity index (χ0v) is 18.9. The van der Waals surface area contributed by atoms with Gasteiger partial charge in [0.05, 0.1) is 0 Å². The molecule has 0 unspecified atom stereocenters. The maximum atomic E-state index is 2.56. The van der Waals surface area contributed by atoms with Crippen molar-refractivity contribution < 1.29 is 41.4 Å². The first kappa shape index (κ1) is 20.7. The SMILES string of the molecule is CC1=[C]([Ti+2]([CH]2c3ccccc3-c3ccccc32)=[Si](C)C)CC=C1.[Cl-].[Cl-]. The van der Waals surface area contributed by atoms with Gasteiger partial charge in [-0.3, -0.25) is 0 Å². The molecule has 0 saturated carbocycles. The molecule has 0 nitrogen and oxygen atoms in total. The Bertz CT molecular complexity index is 847. The van der Waals surface area contributed by atoms with Gasteiger partial charge in [-0.15, -0.1) is 0 Å². The van der Waals surface area contributed by atoms with E-state index in [4.69, 9.17) is 0 Å². The van der Waals surface area contributed by atoms with Crippen molar-refractivity contribution in [1.82, 2.24) is 0 Å². The number of hydrogen-bond donors (Lipinski definition) is 0. The van der Waals surface area contributed by atoms with Crippen LogP contribution in [0.3, 0.4) is 0 Å². The zero-order valence-electron chi connectivity index (χ0n) is 14.8. The van der Waals surface area contributed by atoms with Crippen LogP contribution in [0.5, 0.6) is 0 Å². The van der Waals surface area contributed by atoms with Crippen LogP contribution < -0.4 is 24.8 Å². The molecule has 0 bridgehead atoms. The fourth-order valence-electron chi connectivity index (χ4n) is 4.17. The predicted molar refractivity (Wildman–Crippen MR) is 97.7 cm³/mol. The van der Waals surface area contributed by atoms with Gasteiger partial charge in [-0.25, -0.2) is 0 Å². The summed E-state index contributed by atoms with van der Waals surface area (Å²) in [5.41, 5.74) is 7.79. The summed E-state index contributed by atoms with van der Waals surface area (Å²) in [6.45, 7) is 7.45. The van der Waals surface area contributed by atoms with Gasteiger partial charge in [-0.05, 0) is 0 Å². The maximum Gasteiger partial charge on any atom is -1.00 e. The third kappa shape index (κ3) is 3.50. The molecule has 0 aromatic heterocycles. The maximum absolute atomic E-state index is 2.56. The van der Waals surface area contributed by atoms with Gasteiger partial charge < -0.3 is 24.8 Å². The van der Waals surface area contributed by atoms with Crippen LogP contribution in [-0.2, 0) is 16.6 Å². The van der Waals surface area contributed by atoms with E-state index < -0.39 is 16.6 Å². The van der Waals surface area contributed by atoms with Crippen LogP contribution in [0.1, 0.15) is 28.7 Å². The summed E-state index contributed by atoms with van der Waals surface area (Å²) < 4.78 is 2.55. The molecule has 2 aromatic carbocycles. The Hall–Kier alpha value is -0.569. The summed E-state index contributed by atoms with van der Waals surface area (Å²) in [5, 5.41) is 0. The van der Waals surface area contributed by atoms with E-state index in [2.05, 4.69) is 80.7 Å². The molecule has 0 spiro atoms. The summed E-state index contributed by atoms with van der Waals surface area (Å²) in [4.78, 5) is 0. The Kier molecular flexibility index (Phi) is 6.98. The third-order valence-electron chi connectivity index (χ3n) is 5.15. The second-order valence-electron chi connectivity index (χ2n) is 6.79. The molecule has 0 atom stereocenters. The molecule has 2 aliphatic rings. The van der Waals surface area contributed by atoms with Gasteiger partial charge >= 0.3 is 146 Å². The number of benzene rings is 2. The van der Waals surface area contributed by atoms with Crippen molar-refractivity contribution in [2.75, 3.05) is 0 Å². The Balaban J connectivity index is 0.00000113. The van der Waals surface area contributed by atoms with Crippen molar-refractivity contribution in [3.63, 3.8) is 0 Å². The molecule has 0 saturated heterocycles. The van der Waals surface area contributed by atoms with Gasteiger partial charge in [0.25, 0.3) is 0 Å². The Morgan fingerprint density at radius 3 is 1.84 bits per heavy atom. The second-order valence-corrected chi connectivity index (χ2v) is 18.8. The average molecular weight is 421 g/mol. The second kappa shape index (κ2) is 8.41. The number of allylic oxidation sites excluding steroid dienone is 4. The third-order valence-corrected chi connectivity index (χ3v) is 17.5. The molecule has 2 aliphatic carbocycles. The van der Waals surface area contributed by atoms with Crippen molar-refractivity contribution in [3.8, 4) is 11.1 Å². The molecule has 4 rings (SSSR count). The van der Waals surface area contributed by atoms with Crippen molar-refractivity contribution in [1.29, 1.82) is 0 Å². The Morgan fingerprint density at radius 1 is 0.880 bits per heavy atom. The van der Waals surface area contributed by atoms with Crippen LogP contribution in [0.2, 0.25) is 13.1 Å². The first-order chi connectivity index (χ1) is 11.2. The molecule has 0 fully saturated rings. The van der Waals surface area contributed by atoms with Crippen molar-refractivity contribution >= 4 is 6.19 Å². The van der Waals surface area contributed by atoms with Gasteiger partial charge in [0.1, 0.15) is 0 Å². The van der Waals surface area contributed by atoms with Crippen LogP contribution in [0.25, 0.3) is 11.1 Å². The monoisotopic (exact) mass is 420 g/mol. The summed E-state index contributed by atoms with van der Waals surface area (Å²) in [5.74, 6) is 0. The number of rotatable bonds is 2. The van der Waals surface area contributed by atoms with E-state index in [-0.39, 0.29) is 31.0 Å². The van der Waals surface area contributed by atoms with Gasteiger partial charge in [-0.2, -0.15) is 0 Å². The van der Waals surface area contributed by atoms with Crippen LogP contribution >= 0.6 is 0 Å². The van der Waals surface area contributed by atoms with Crippen LogP contribution in [0.15, 0.2) is 70.1 Å². The molecule has 128 valence electrons. The standard InChI is InChI=1S/C13H9.C6H7.C2H6Si.2ClH.Ti/c1-3-7-12-10(5-1)9-11-6-2-4-8-13(11)12;1-6-4-2-3-5-6;1-3-2;;;/h1-9H;2,4H,3H2,1H3;1-2H3;2*1H;/q;;;;;+2/p-2. The summed E-state index contributed by atoms with van der Waals surface area (Å²) in [6.07, 6.45) is 5.68. The van der Waals surface area contributed by atoms with E-state index >= 15 is 0 Å². The largest absolute Gasteiger partial charge is 1.00 e. The predicted octanol–water partition coefficient (Wildman–Crippen LogP) is -0.132. The first-order valence-corrected chi connectivity index (χ1v) is 14.9. The van der Waals surface area contributed by atoms with Crippen LogP contribution in [-0.4, -0.2) is 6.19 Å². The Morgan fingerprint density at radius 2 is 1.40 bits per heavy atom. The smallest absolute Gasteiger partial charge is 1.00 e. The van der Waals surface area contributed by atoms with E-state index in [9.17, 15) is 0 Å². The molecule has 0 radical (unpaired) electrons. The summed E-state index contributed by atoms with van der Waals surface area (Å²) in [7, 11) is 0. The number of halogens is 2. The molecule has 0 amide bonds. The minimum Gasteiger partial charge on any atom is -1.00 e. The van der Waals surface area contributed by atoms with Crippen molar-refractivity contribution in [2.45, 2.75) is 30.7 Å². The molecule has 25 heavy (non-hydrogen) atoms. The zero-order chi connectivity index (χ0) is 16.0. The number of hydrogen-bond acceptors (Lipinski definition) is 0. The molecule has 0 aliphatic heterocycles. The molecular formula is C21H22Cl2SiTi. The van der Waals surface area contributed by atoms with Gasteiger partial charge in [-0.1, -0.05) is 0 Å². The van der Waals surface area contributed by atoms with Gasteiger partial charge in [0.2, 0.25) is 0 Å².